The van der Waals surface area contributed by atoms with Gasteiger partial charge in [-0.1, -0.05) is 97.6 Å². The molecular weight excluding hydrogens is 444 g/mol. The van der Waals surface area contributed by atoms with Gasteiger partial charge in [-0.3, -0.25) is 4.79 Å². The van der Waals surface area contributed by atoms with E-state index in [1.54, 1.807) is 0 Å². The molecule has 0 heterocycles. The van der Waals surface area contributed by atoms with Gasteiger partial charge in [0.25, 0.3) is 0 Å². The SMILES string of the molecule is CCCCCCCC(=O)c1ccc(C(CC)(CC)c2ccc(OCC(O)C(C)(C)C)c(C)c2)cc1C. The summed E-state index contributed by atoms with van der Waals surface area (Å²) in [5.74, 6) is 1.09. The molecule has 2 rings (SSSR count). The number of benzene rings is 2. The minimum Gasteiger partial charge on any atom is -0.491 e. The topological polar surface area (TPSA) is 46.5 Å². The normalized spacial score (nSPS) is 13.0. The number of ketones is 1. The van der Waals surface area contributed by atoms with Crippen LogP contribution in [0.25, 0.3) is 0 Å². The zero-order valence-electron chi connectivity index (χ0n) is 24.2. The van der Waals surface area contributed by atoms with Crippen molar-refractivity contribution in [1.29, 1.82) is 0 Å². The van der Waals surface area contributed by atoms with Crippen molar-refractivity contribution in [2.45, 2.75) is 118 Å². The maximum Gasteiger partial charge on any atom is 0.163 e. The van der Waals surface area contributed by atoms with E-state index in [9.17, 15) is 9.90 Å². The van der Waals surface area contributed by atoms with E-state index in [2.05, 4.69) is 65.0 Å². The van der Waals surface area contributed by atoms with Crippen LogP contribution in [0.1, 0.15) is 126 Å². The fourth-order valence-electron chi connectivity index (χ4n) is 5.06. The third kappa shape index (κ3) is 7.44. The Bertz CT molecular complexity index is 979. The van der Waals surface area contributed by atoms with E-state index in [0.29, 0.717) is 6.42 Å². The lowest BCUT2D eigenvalue weighted by atomic mass is 9.69. The van der Waals surface area contributed by atoms with Crippen molar-refractivity contribution < 1.29 is 14.6 Å². The lowest BCUT2D eigenvalue weighted by Crippen LogP contribution is -2.32. The van der Waals surface area contributed by atoms with Crippen LogP contribution in [-0.2, 0) is 5.41 Å². The average Bonchev–Trinajstić information content (AvgIpc) is 2.83. The predicted octanol–water partition coefficient (Wildman–Crippen LogP) is 8.74. The first-order valence-corrected chi connectivity index (χ1v) is 14.1. The van der Waals surface area contributed by atoms with Crippen molar-refractivity contribution in [3.8, 4) is 5.75 Å². The molecule has 0 radical (unpaired) electrons. The Labute approximate surface area is 220 Å². The number of aliphatic hydroxyl groups excluding tert-OH is 1. The van der Waals surface area contributed by atoms with Crippen LogP contribution in [0, 0.1) is 19.3 Å². The van der Waals surface area contributed by atoms with E-state index < -0.39 is 6.10 Å². The Balaban J connectivity index is 2.25. The van der Waals surface area contributed by atoms with Gasteiger partial charge in [-0.2, -0.15) is 0 Å². The van der Waals surface area contributed by atoms with Crippen LogP contribution in [0.2, 0.25) is 0 Å². The second kappa shape index (κ2) is 13.4. The molecule has 1 N–H and O–H groups in total. The molecule has 0 bridgehead atoms. The maximum atomic E-state index is 12.9. The fourth-order valence-corrected chi connectivity index (χ4v) is 5.06. The molecule has 0 fully saturated rings. The number of hydrogen-bond acceptors (Lipinski definition) is 3. The second-order valence-corrected chi connectivity index (χ2v) is 11.6. The lowest BCUT2D eigenvalue weighted by molar-refractivity contribution is 0.0216. The van der Waals surface area contributed by atoms with E-state index in [0.717, 1.165) is 48.1 Å². The molecule has 3 nitrogen and oxygen atoms in total. The number of Topliss-reactive ketones (excluding diaryl/α,β-unsaturated/α-hetero) is 1. The summed E-state index contributed by atoms with van der Waals surface area (Å²) >= 11 is 0. The minimum absolute atomic E-state index is 0.124. The Morgan fingerprint density at radius 1 is 0.861 bits per heavy atom. The highest BCUT2D eigenvalue weighted by molar-refractivity contribution is 5.97. The number of carbonyl (C=O) groups is 1. The van der Waals surface area contributed by atoms with Crippen LogP contribution in [0.15, 0.2) is 36.4 Å². The van der Waals surface area contributed by atoms with Gasteiger partial charge in [-0.05, 0) is 66.8 Å². The number of hydrogen-bond donors (Lipinski definition) is 1. The Kier molecular flexibility index (Phi) is 11.2. The molecule has 2 aromatic rings. The largest absolute Gasteiger partial charge is 0.491 e. The number of carbonyl (C=O) groups excluding carboxylic acids is 1. The van der Waals surface area contributed by atoms with Crippen molar-refractivity contribution in [1.82, 2.24) is 0 Å². The number of aliphatic hydroxyl groups is 1. The molecule has 1 unspecified atom stereocenters. The minimum atomic E-state index is -0.525. The molecule has 3 heteroatoms. The van der Waals surface area contributed by atoms with Gasteiger partial charge in [-0.25, -0.2) is 0 Å². The third-order valence-electron chi connectivity index (χ3n) is 7.92. The first-order chi connectivity index (χ1) is 17.0. The van der Waals surface area contributed by atoms with Crippen LogP contribution in [0.3, 0.4) is 0 Å². The van der Waals surface area contributed by atoms with Gasteiger partial charge in [0.15, 0.2) is 5.78 Å². The van der Waals surface area contributed by atoms with Gasteiger partial charge in [0, 0.05) is 17.4 Å². The number of unbranched alkanes of at least 4 members (excludes halogenated alkanes) is 4. The zero-order valence-corrected chi connectivity index (χ0v) is 24.2. The smallest absolute Gasteiger partial charge is 0.163 e. The summed E-state index contributed by atoms with van der Waals surface area (Å²) in [5.41, 5.74) is 5.21. The van der Waals surface area contributed by atoms with Crippen LogP contribution in [0.4, 0.5) is 0 Å². The molecule has 0 spiro atoms. The third-order valence-corrected chi connectivity index (χ3v) is 7.92. The molecule has 0 saturated carbocycles. The van der Waals surface area contributed by atoms with Crippen LogP contribution in [-0.4, -0.2) is 23.6 Å². The van der Waals surface area contributed by atoms with Gasteiger partial charge < -0.3 is 9.84 Å². The summed E-state index contributed by atoms with van der Waals surface area (Å²) in [5, 5.41) is 10.4. The Hall–Kier alpha value is -2.13. The average molecular weight is 495 g/mol. The van der Waals surface area contributed by atoms with Crippen molar-refractivity contribution >= 4 is 5.78 Å². The highest BCUT2D eigenvalue weighted by Gasteiger charge is 2.32. The van der Waals surface area contributed by atoms with E-state index >= 15 is 0 Å². The molecule has 200 valence electrons. The van der Waals surface area contributed by atoms with Crippen LogP contribution < -0.4 is 4.74 Å². The quantitative estimate of drug-likeness (QED) is 0.211. The summed E-state index contributed by atoms with van der Waals surface area (Å²) in [6.45, 7) is 17.2. The Morgan fingerprint density at radius 3 is 1.97 bits per heavy atom. The first-order valence-electron chi connectivity index (χ1n) is 14.1. The predicted molar refractivity (Wildman–Crippen MR) is 152 cm³/mol. The second-order valence-electron chi connectivity index (χ2n) is 11.6. The first kappa shape index (κ1) is 30.1. The van der Waals surface area contributed by atoms with E-state index in [1.165, 1.54) is 30.4 Å². The van der Waals surface area contributed by atoms with E-state index in [-0.39, 0.29) is 23.2 Å². The Morgan fingerprint density at radius 2 is 1.44 bits per heavy atom. The maximum absolute atomic E-state index is 12.9. The highest BCUT2D eigenvalue weighted by atomic mass is 16.5. The van der Waals surface area contributed by atoms with E-state index in [1.807, 2.05) is 26.8 Å². The van der Waals surface area contributed by atoms with Crippen molar-refractivity contribution in [2.24, 2.45) is 5.41 Å². The molecule has 0 aromatic heterocycles. The van der Waals surface area contributed by atoms with E-state index in [4.69, 9.17) is 4.74 Å². The molecule has 0 aliphatic rings. The zero-order chi connectivity index (χ0) is 26.9. The molecule has 0 aliphatic heterocycles. The van der Waals surface area contributed by atoms with Crippen LogP contribution in [0.5, 0.6) is 5.75 Å². The summed E-state index contributed by atoms with van der Waals surface area (Å²) in [7, 11) is 0. The molecule has 36 heavy (non-hydrogen) atoms. The molecule has 0 saturated heterocycles. The summed E-state index contributed by atoms with van der Waals surface area (Å²) in [4.78, 5) is 12.9. The van der Waals surface area contributed by atoms with Crippen molar-refractivity contribution in [3.63, 3.8) is 0 Å². The molecular formula is C33H50O3. The van der Waals surface area contributed by atoms with Crippen molar-refractivity contribution in [2.75, 3.05) is 6.61 Å². The molecule has 0 aliphatic carbocycles. The highest BCUT2D eigenvalue weighted by Crippen LogP contribution is 2.41. The van der Waals surface area contributed by atoms with Gasteiger partial charge in [0.1, 0.15) is 12.4 Å². The lowest BCUT2D eigenvalue weighted by Gasteiger charge is -2.34. The molecule has 1 atom stereocenters. The summed E-state index contributed by atoms with van der Waals surface area (Å²) < 4.78 is 5.99. The number of ether oxygens (including phenoxy) is 1. The van der Waals surface area contributed by atoms with Gasteiger partial charge in [-0.15, -0.1) is 0 Å². The molecule has 2 aromatic carbocycles. The monoisotopic (exact) mass is 494 g/mol. The standard InChI is InChI=1S/C33H50O3/c1-9-12-13-14-15-16-29(34)28-19-17-26(21-24(28)4)33(10-2,11-3)27-18-20-30(25(5)22-27)36-23-31(35)32(6,7)8/h17-22,31,35H,9-16,23H2,1-8H3. The van der Waals surface area contributed by atoms with Crippen molar-refractivity contribution in [3.05, 3.63) is 64.2 Å². The van der Waals surface area contributed by atoms with Gasteiger partial charge in [0.05, 0.1) is 6.10 Å². The van der Waals surface area contributed by atoms with Gasteiger partial charge >= 0.3 is 0 Å². The number of rotatable bonds is 14. The summed E-state index contributed by atoms with van der Waals surface area (Å²) in [6, 6.07) is 12.9. The van der Waals surface area contributed by atoms with Crippen LogP contribution >= 0.6 is 0 Å². The number of aryl methyl sites for hydroxylation is 2. The fraction of sp³-hybridized carbons (Fsp3) is 0.606. The molecule has 0 amide bonds. The van der Waals surface area contributed by atoms with Gasteiger partial charge in [0.2, 0.25) is 0 Å². The summed E-state index contributed by atoms with van der Waals surface area (Å²) in [6.07, 6.45) is 7.87.